The minimum Gasteiger partial charge on any atom is -0.496 e. The minimum absolute atomic E-state index is 0.387. The second kappa shape index (κ2) is 12.8. The fourth-order valence-corrected chi connectivity index (χ4v) is 3.66. The van der Waals surface area contributed by atoms with Gasteiger partial charge < -0.3 is 34.6 Å². The molecule has 1 aliphatic heterocycles. The lowest BCUT2D eigenvalue weighted by Crippen LogP contribution is -2.58. The molecule has 192 valence electrons. The van der Waals surface area contributed by atoms with Crippen molar-refractivity contribution in [2.24, 2.45) is 0 Å². The monoisotopic (exact) mass is 488 g/mol. The van der Waals surface area contributed by atoms with E-state index in [0.717, 1.165) is 28.0 Å². The van der Waals surface area contributed by atoms with E-state index in [0.29, 0.717) is 5.57 Å². The van der Waals surface area contributed by atoms with Gasteiger partial charge in [0.05, 0.1) is 7.11 Å². The van der Waals surface area contributed by atoms with Gasteiger partial charge in [0, 0.05) is 6.08 Å². The van der Waals surface area contributed by atoms with Gasteiger partial charge in [0.2, 0.25) is 0 Å². The Bertz CT molecular complexity index is 1020. The number of ether oxygens (including phenoxy) is 3. The molecule has 0 saturated carbocycles. The predicted molar refractivity (Wildman–Crippen MR) is 133 cm³/mol. The highest BCUT2D eigenvalue weighted by Gasteiger charge is 2.43. The average molecular weight is 489 g/mol. The first kappa shape index (κ1) is 28.5. The molecular formula is C27H36O8. The summed E-state index contributed by atoms with van der Waals surface area (Å²) in [5, 5.41) is 38.6. The van der Waals surface area contributed by atoms with Crippen LogP contribution in [0.15, 0.2) is 47.6 Å². The summed E-state index contributed by atoms with van der Waals surface area (Å²) < 4.78 is 15.4. The second-order valence-corrected chi connectivity index (χ2v) is 8.72. The molecule has 35 heavy (non-hydrogen) atoms. The van der Waals surface area contributed by atoms with Crippen LogP contribution in [0.5, 0.6) is 5.75 Å². The Labute approximate surface area is 206 Å². The molecule has 1 saturated heterocycles. The number of carbonyl (C=O) groups is 1. The van der Waals surface area contributed by atoms with Gasteiger partial charge in [0.25, 0.3) is 0 Å². The zero-order valence-electron chi connectivity index (χ0n) is 21.1. The lowest BCUT2D eigenvalue weighted by molar-refractivity contribution is -0.287. The molecule has 0 unspecified atom stereocenters. The lowest BCUT2D eigenvalue weighted by Gasteiger charge is -2.37. The molecule has 1 aliphatic rings. The van der Waals surface area contributed by atoms with Crippen LogP contribution in [0.25, 0.3) is 6.08 Å². The maximum absolute atomic E-state index is 12.0. The van der Waals surface area contributed by atoms with E-state index in [9.17, 15) is 25.2 Å². The first-order chi connectivity index (χ1) is 16.5. The highest BCUT2D eigenvalue weighted by Crippen LogP contribution is 2.28. The number of hydrogen-bond acceptors (Lipinski definition) is 8. The zero-order chi connectivity index (χ0) is 26.3. The van der Waals surface area contributed by atoms with Crippen molar-refractivity contribution in [1.29, 1.82) is 0 Å². The molecule has 4 N–H and O–H groups in total. The number of methoxy groups -OCH3 is 1. The molecule has 0 aromatic heterocycles. The highest BCUT2D eigenvalue weighted by atomic mass is 16.6. The molecule has 0 aliphatic carbocycles. The number of allylic oxidation sites excluding steroid dienone is 6. The van der Waals surface area contributed by atoms with Gasteiger partial charge in [-0.05, 0) is 68.5 Å². The largest absolute Gasteiger partial charge is 0.496 e. The van der Waals surface area contributed by atoms with Gasteiger partial charge in [-0.3, -0.25) is 0 Å². The molecule has 1 aromatic rings. The van der Waals surface area contributed by atoms with Crippen LogP contribution in [0, 0.1) is 20.8 Å². The van der Waals surface area contributed by atoms with Gasteiger partial charge in [-0.15, -0.1) is 0 Å². The summed E-state index contributed by atoms with van der Waals surface area (Å²) >= 11 is 0. The van der Waals surface area contributed by atoms with Crippen LogP contribution in [-0.2, 0) is 14.3 Å². The van der Waals surface area contributed by atoms with E-state index in [1.807, 2.05) is 38.1 Å². The van der Waals surface area contributed by atoms with E-state index < -0.39 is 36.7 Å². The maximum Gasteiger partial charge on any atom is 0.331 e. The van der Waals surface area contributed by atoms with E-state index in [1.54, 1.807) is 20.1 Å². The van der Waals surface area contributed by atoms with E-state index in [-0.39, 0.29) is 6.61 Å². The summed E-state index contributed by atoms with van der Waals surface area (Å²) in [6.07, 6.45) is 3.29. The number of carbonyl (C=O) groups excluding carboxylic acids is 1. The Morgan fingerprint density at radius 3 is 2.34 bits per heavy atom. The van der Waals surface area contributed by atoms with Gasteiger partial charge in [-0.2, -0.15) is 0 Å². The maximum atomic E-state index is 12.0. The van der Waals surface area contributed by atoms with Crippen LogP contribution < -0.4 is 4.74 Å². The first-order valence-corrected chi connectivity index (χ1v) is 11.4. The van der Waals surface area contributed by atoms with E-state index in [4.69, 9.17) is 14.2 Å². The number of aliphatic hydroxyl groups is 4. The molecule has 0 spiro atoms. The normalized spacial score (nSPS) is 25.9. The standard InChI is InChI=1S/C27H36O8/c1-15(10-11-20-17(3)13-21(33-6)19(5)18(20)4)8-7-9-16(2)12-23(28)34-14-22-24(29)25(30)26(31)27(32)35-22/h7-13,22,24-27,29-32H,14H2,1-6H3/b9-7+,11-10+,15-8+,16-12+/t22-,24-,25+,26-,27+/m1/s1. The second-order valence-electron chi connectivity index (χ2n) is 8.72. The number of hydrogen-bond donors (Lipinski definition) is 4. The van der Waals surface area contributed by atoms with E-state index in [2.05, 4.69) is 19.9 Å². The predicted octanol–water partition coefficient (Wildman–Crippen LogP) is 2.43. The molecular weight excluding hydrogens is 452 g/mol. The summed E-state index contributed by atoms with van der Waals surface area (Å²) in [6.45, 7) is 9.49. The van der Waals surface area contributed by atoms with Gasteiger partial charge >= 0.3 is 5.97 Å². The van der Waals surface area contributed by atoms with Crippen molar-refractivity contribution in [3.05, 3.63) is 69.8 Å². The first-order valence-electron chi connectivity index (χ1n) is 11.4. The SMILES string of the molecule is COc1cc(C)c(/C=C/C(C)=C/C=C/C(C)=C/C(=O)OC[C@H]2O[C@H](O)[C@H](O)[C@@H](O)[C@@H]2O)c(C)c1C. The van der Waals surface area contributed by atoms with E-state index >= 15 is 0 Å². The number of rotatable bonds is 8. The molecule has 1 heterocycles. The number of esters is 1. The Kier molecular flexibility index (Phi) is 10.4. The lowest BCUT2D eigenvalue weighted by atomic mass is 9.96. The van der Waals surface area contributed by atoms with Crippen LogP contribution >= 0.6 is 0 Å². The molecule has 2 rings (SSSR count). The Balaban J connectivity index is 1.94. The highest BCUT2D eigenvalue weighted by molar-refractivity contribution is 5.83. The Morgan fingerprint density at radius 2 is 1.69 bits per heavy atom. The molecule has 0 radical (unpaired) electrons. The third-order valence-corrected chi connectivity index (χ3v) is 5.98. The molecule has 5 atom stereocenters. The summed E-state index contributed by atoms with van der Waals surface area (Å²) in [6, 6.07) is 2.03. The van der Waals surface area contributed by atoms with Crippen molar-refractivity contribution in [1.82, 2.24) is 0 Å². The van der Waals surface area contributed by atoms with E-state index in [1.165, 1.54) is 11.6 Å². The van der Waals surface area contributed by atoms with Crippen molar-refractivity contribution >= 4 is 12.0 Å². The summed E-state index contributed by atoms with van der Waals surface area (Å²) in [4.78, 5) is 12.0. The summed E-state index contributed by atoms with van der Waals surface area (Å²) in [5.41, 5.74) is 6.23. The van der Waals surface area contributed by atoms with Crippen molar-refractivity contribution < 1.29 is 39.4 Å². The van der Waals surface area contributed by atoms with Crippen molar-refractivity contribution in [2.45, 2.75) is 65.3 Å². The van der Waals surface area contributed by atoms with Crippen LogP contribution in [0.3, 0.4) is 0 Å². The fraction of sp³-hybridized carbons (Fsp3) is 0.444. The smallest absolute Gasteiger partial charge is 0.331 e. The third kappa shape index (κ3) is 7.62. The average Bonchev–Trinajstić information content (AvgIpc) is 2.81. The molecule has 1 aromatic carbocycles. The quantitative estimate of drug-likeness (QED) is 0.250. The van der Waals surface area contributed by atoms with Crippen LogP contribution in [-0.4, -0.2) is 70.8 Å². The molecule has 0 amide bonds. The van der Waals surface area contributed by atoms with Crippen LogP contribution in [0.2, 0.25) is 0 Å². The number of aryl methyl sites for hydroxylation is 1. The Morgan fingerprint density at radius 1 is 1.00 bits per heavy atom. The summed E-state index contributed by atoms with van der Waals surface area (Å²) in [5.74, 6) is 0.212. The van der Waals surface area contributed by atoms with Crippen molar-refractivity contribution in [2.75, 3.05) is 13.7 Å². The molecule has 8 heteroatoms. The van der Waals surface area contributed by atoms with Crippen molar-refractivity contribution in [3.63, 3.8) is 0 Å². The van der Waals surface area contributed by atoms with Crippen molar-refractivity contribution in [3.8, 4) is 5.75 Å². The topological polar surface area (TPSA) is 126 Å². The van der Waals surface area contributed by atoms with Crippen LogP contribution in [0.4, 0.5) is 0 Å². The minimum atomic E-state index is -1.68. The number of aliphatic hydroxyl groups excluding tert-OH is 4. The fourth-order valence-electron chi connectivity index (χ4n) is 3.66. The van der Waals surface area contributed by atoms with Gasteiger partial charge in [0.15, 0.2) is 6.29 Å². The van der Waals surface area contributed by atoms with Gasteiger partial charge in [-0.1, -0.05) is 36.0 Å². The molecule has 1 fully saturated rings. The number of benzene rings is 1. The molecule has 0 bridgehead atoms. The molecule has 8 nitrogen and oxygen atoms in total. The van der Waals surface area contributed by atoms with Crippen LogP contribution in [0.1, 0.15) is 36.1 Å². The van der Waals surface area contributed by atoms with Gasteiger partial charge in [-0.25, -0.2) is 4.79 Å². The zero-order valence-corrected chi connectivity index (χ0v) is 21.1. The summed E-state index contributed by atoms with van der Waals surface area (Å²) in [7, 11) is 1.67. The Hall–Kier alpha value is -2.75. The third-order valence-electron chi connectivity index (χ3n) is 5.98. The van der Waals surface area contributed by atoms with Gasteiger partial charge in [0.1, 0.15) is 36.8 Å².